The number of nitrogens with two attached hydrogens (primary N) is 1. The second-order valence-electron chi connectivity index (χ2n) is 3.99. The van der Waals surface area contributed by atoms with Crippen LogP contribution in [0.5, 0.6) is 0 Å². The molecule has 0 saturated heterocycles. The molecule has 2 N–H and O–H groups in total. The predicted octanol–water partition coefficient (Wildman–Crippen LogP) is 1.72. The molecule has 0 heterocycles. The summed E-state index contributed by atoms with van der Waals surface area (Å²) in [6, 6.07) is -0.221. The highest BCUT2D eigenvalue weighted by Crippen LogP contribution is 2.10. The highest BCUT2D eigenvalue weighted by molar-refractivity contribution is 7.80. The molecular formula is C12H24N2O2S. The van der Waals surface area contributed by atoms with E-state index in [0.29, 0.717) is 18.1 Å². The Hall–Kier alpha value is -0.680. The van der Waals surface area contributed by atoms with E-state index in [9.17, 15) is 4.79 Å². The molecule has 0 amide bonds. The third kappa shape index (κ3) is 6.58. The van der Waals surface area contributed by atoms with Crippen LogP contribution in [0, 0.1) is 0 Å². The second kappa shape index (κ2) is 9.36. The van der Waals surface area contributed by atoms with Crippen LogP contribution in [0.3, 0.4) is 0 Å². The summed E-state index contributed by atoms with van der Waals surface area (Å²) >= 11 is 4.92. The summed E-state index contributed by atoms with van der Waals surface area (Å²) in [5.41, 5.74) is 5.57. The van der Waals surface area contributed by atoms with Crippen LogP contribution in [0.1, 0.15) is 40.0 Å². The number of hydrogen-bond donors (Lipinski definition) is 1. The average molecular weight is 260 g/mol. The third-order valence-corrected chi connectivity index (χ3v) is 2.56. The summed E-state index contributed by atoms with van der Waals surface area (Å²) in [4.78, 5) is 14.3. The second-order valence-corrected chi connectivity index (χ2v) is 4.52. The number of rotatable bonds is 9. The smallest absolute Gasteiger partial charge is 0.323 e. The quantitative estimate of drug-likeness (QED) is 0.505. The number of esters is 1. The van der Waals surface area contributed by atoms with Crippen LogP contribution in [-0.4, -0.2) is 41.6 Å². The molecule has 0 saturated carbocycles. The molecule has 0 aromatic rings. The number of hydrogen-bond acceptors (Lipinski definition) is 4. The Morgan fingerprint density at radius 1 is 1.35 bits per heavy atom. The zero-order chi connectivity index (χ0) is 13.3. The molecule has 0 aromatic heterocycles. The normalized spacial score (nSPS) is 12.5. The zero-order valence-corrected chi connectivity index (χ0v) is 11.9. The summed E-state index contributed by atoms with van der Waals surface area (Å²) in [7, 11) is 0. The van der Waals surface area contributed by atoms with E-state index in [-0.39, 0.29) is 12.0 Å². The Morgan fingerprint density at radius 3 is 2.41 bits per heavy atom. The Labute approximate surface area is 109 Å². The number of nitrogens with zero attached hydrogens (tertiary/aromatic N) is 1. The predicted molar refractivity (Wildman–Crippen MR) is 74.0 cm³/mol. The van der Waals surface area contributed by atoms with Crippen molar-refractivity contribution in [2.75, 3.05) is 19.7 Å². The average Bonchev–Trinajstić information content (AvgIpc) is 2.25. The van der Waals surface area contributed by atoms with Crippen molar-refractivity contribution in [2.45, 2.75) is 46.1 Å². The highest BCUT2D eigenvalue weighted by Gasteiger charge is 2.26. The van der Waals surface area contributed by atoms with Crippen LogP contribution in [0.2, 0.25) is 0 Å². The van der Waals surface area contributed by atoms with E-state index >= 15 is 0 Å². The minimum atomic E-state index is -0.221. The fourth-order valence-electron chi connectivity index (χ4n) is 1.79. The molecule has 4 nitrogen and oxygen atoms in total. The van der Waals surface area contributed by atoms with Crippen molar-refractivity contribution in [3.63, 3.8) is 0 Å². The lowest BCUT2D eigenvalue weighted by Crippen LogP contribution is -2.46. The molecule has 0 aliphatic carbocycles. The first-order chi connectivity index (χ1) is 8.06. The van der Waals surface area contributed by atoms with Gasteiger partial charge in [-0.3, -0.25) is 9.69 Å². The lowest BCUT2D eigenvalue weighted by atomic mass is 10.1. The molecular weight excluding hydrogens is 236 g/mol. The van der Waals surface area contributed by atoms with Gasteiger partial charge in [0.05, 0.1) is 11.6 Å². The SMILES string of the molecule is CCCC(C(=O)OCC)N(CCC)CC(N)=S. The van der Waals surface area contributed by atoms with E-state index in [4.69, 9.17) is 22.7 Å². The third-order valence-electron chi connectivity index (χ3n) is 2.43. The van der Waals surface area contributed by atoms with Crippen molar-refractivity contribution < 1.29 is 9.53 Å². The Bertz CT molecular complexity index is 247. The molecule has 0 bridgehead atoms. The molecule has 0 aliphatic heterocycles. The van der Waals surface area contributed by atoms with Gasteiger partial charge in [-0.25, -0.2) is 0 Å². The van der Waals surface area contributed by atoms with Gasteiger partial charge >= 0.3 is 5.97 Å². The monoisotopic (exact) mass is 260 g/mol. The summed E-state index contributed by atoms with van der Waals surface area (Å²) in [6.45, 7) is 7.63. The summed E-state index contributed by atoms with van der Waals surface area (Å²) in [5.74, 6) is -0.168. The van der Waals surface area contributed by atoms with Crippen molar-refractivity contribution in [3.05, 3.63) is 0 Å². The maximum atomic E-state index is 11.9. The molecule has 0 radical (unpaired) electrons. The van der Waals surface area contributed by atoms with Crippen molar-refractivity contribution in [3.8, 4) is 0 Å². The lowest BCUT2D eigenvalue weighted by molar-refractivity contribution is -0.149. The fourth-order valence-corrected chi connectivity index (χ4v) is 1.96. The highest BCUT2D eigenvalue weighted by atomic mass is 32.1. The van der Waals surface area contributed by atoms with Crippen LogP contribution in [0.4, 0.5) is 0 Å². The molecule has 0 spiro atoms. The fraction of sp³-hybridized carbons (Fsp3) is 0.833. The van der Waals surface area contributed by atoms with Crippen LogP contribution in [0.15, 0.2) is 0 Å². The summed E-state index contributed by atoms with van der Waals surface area (Å²) in [6.07, 6.45) is 2.67. The minimum absolute atomic E-state index is 0.168. The van der Waals surface area contributed by atoms with Gasteiger partial charge in [0.15, 0.2) is 0 Å². The number of thiocarbonyl (C=S) groups is 1. The number of carbonyl (C=O) groups is 1. The van der Waals surface area contributed by atoms with Gasteiger partial charge < -0.3 is 10.5 Å². The van der Waals surface area contributed by atoms with Gasteiger partial charge in [-0.1, -0.05) is 32.5 Å². The number of ether oxygens (including phenoxy) is 1. The number of carbonyl (C=O) groups excluding carboxylic acids is 1. The van der Waals surface area contributed by atoms with Gasteiger partial charge in [-0.15, -0.1) is 0 Å². The van der Waals surface area contributed by atoms with Crippen LogP contribution in [-0.2, 0) is 9.53 Å². The first kappa shape index (κ1) is 16.3. The van der Waals surface area contributed by atoms with Crippen LogP contribution in [0.25, 0.3) is 0 Å². The zero-order valence-electron chi connectivity index (χ0n) is 11.1. The largest absolute Gasteiger partial charge is 0.465 e. The maximum absolute atomic E-state index is 11.9. The molecule has 1 unspecified atom stereocenters. The Balaban J connectivity index is 4.67. The van der Waals surface area contributed by atoms with E-state index in [2.05, 4.69) is 13.8 Å². The molecule has 5 heteroatoms. The van der Waals surface area contributed by atoms with E-state index in [1.165, 1.54) is 0 Å². The van der Waals surface area contributed by atoms with E-state index in [1.54, 1.807) is 0 Å². The molecule has 17 heavy (non-hydrogen) atoms. The summed E-state index contributed by atoms with van der Waals surface area (Å²) in [5, 5.41) is 0. The standard InChI is InChI=1S/C12H24N2O2S/c1-4-7-10(12(15)16-6-3)14(8-5-2)9-11(13)17/h10H,4-9H2,1-3H3,(H2,13,17). The van der Waals surface area contributed by atoms with Crippen molar-refractivity contribution in [1.29, 1.82) is 0 Å². The molecule has 0 fully saturated rings. The lowest BCUT2D eigenvalue weighted by Gasteiger charge is -2.29. The minimum Gasteiger partial charge on any atom is -0.465 e. The molecule has 100 valence electrons. The van der Waals surface area contributed by atoms with Crippen molar-refractivity contribution in [1.82, 2.24) is 4.90 Å². The van der Waals surface area contributed by atoms with E-state index in [0.717, 1.165) is 25.8 Å². The van der Waals surface area contributed by atoms with Crippen LogP contribution >= 0.6 is 12.2 Å². The van der Waals surface area contributed by atoms with Gasteiger partial charge in [0, 0.05) is 6.54 Å². The van der Waals surface area contributed by atoms with Gasteiger partial charge in [0.1, 0.15) is 6.04 Å². The first-order valence-corrected chi connectivity index (χ1v) is 6.66. The maximum Gasteiger partial charge on any atom is 0.323 e. The summed E-state index contributed by atoms with van der Waals surface area (Å²) < 4.78 is 5.10. The molecule has 0 aliphatic rings. The topological polar surface area (TPSA) is 55.6 Å². The van der Waals surface area contributed by atoms with Gasteiger partial charge in [-0.2, -0.15) is 0 Å². The first-order valence-electron chi connectivity index (χ1n) is 6.25. The van der Waals surface area contributed by atoms with Crippen molar-refractivity contribution in [2.24, 2.45) is 5.73 Å². The molecule has 0 aromatic carbocycles. The van der Waals surface area contributed by atoms with Crippen molar-refractivity contribution >= 4 is 23.2 Å². The van der Waals surface area contributed by atoms with Crippen LogP contribution < -0.4 is 5.73 Å². The van der Waals surface area contributed by atoms with E-state index < -0.39 is 0 Å². The van der Waals surface area contributed by atoms with Gasteiger partial charge in [-0.05, 0) is 26.3 Å². The molecule has 1 atom stereocenters. The van der Waals surface area contributed by atoms with E-state index in [1.807, 2.05) is 11.8 Å². The van der Waals surface area contributed by atoms with Gasteiger partial charge in [0.25, 0.3) is 0 Å². The van der Waals surface area contributed by atoms with Gasteiger partial charge in [0.2, 0.25) is 0 Å². The Kier molecular flexibility index (Phi) is 8.99. The molecule has 0 rings (SSSR count). The Morgan fingerprint density at radius 2 is 2.00 bits per heavy atom.